The molecule has 0 aliphatic carbocycles. The normalized spacial score (nSPS) is 13.4. The monoisotopic (exact) mass is 624 g/mol. The lowest BCUT2D eigenvalue weighted by Crippen LogP contribution is -2.57. The van der Waals surface area contributed by atoms with Gasteiger partial charge >= 0.3 is 5.97 Å². The minimum atomic E-state index is -1.32. The van der Waals surface area contributed by atoms with Crippen LogP contribution in [0.15, 0.2) is 34.3 Å². The van der Waals surface area contributed by atoms with Gasteiger partial charge in [-0.05, 0) is 61.8 Å². The number of thioether (sulfide) groups is 1. The van der Waals surface area contributed by atoms with Crippen LogP contribution in [-0.2, 0) is 25.6 Å². The Morgan fingerprint density at radius 3 is 1.79 bits per heavy atom. The highest BCUT2D eigenvalue weighted by Crippen LogP contribution is 2.12. The molecule has 0 fully saturated rings. The molecule has 0 heterocycles. The molecule has 4 atom stereocenters. The van der Waals surface area contributed by atoms with Gasteiger partial charge in [-0.15, -0.1) is 0 Å². The minimum Gasteiger partial charge on any atom is -0.508 e. The number of aliphatic carboxylic acids is 1. The number of nitrogens with zero attached hydrogens (tertiary/aromatic N) is 2. The summed E-state index contributed by atoms with van der Waals surface area (Å²) in [5.74, 6) is -2.90. The molecule has 16 nitrogen and oxygen atoms in total. The highest BCUT2D eigenvalue weighted by atomic mass is 32.2. The van der Waals surface area contributed by atoms with Crippen LogP contribution < -0.4 is 44.6 Å². The molecule has 17 heteroatoms. The third-order valence-electron chi connectivity index (χ3n) is 6.12. The molecule has 0 bridgehead atoms. The lowest BCUT2D eigenvalue weighted by atomic mass is 10.0. The number of phenolic OH excluding ortho intramolecular Hbond substituents is 1. The molecule has 0 radical (unpaired) electrons. The zero-order valence-corrected chi connectivity index (χ0v) is 25.0. The fraction of sp³-hybridized carbons (Fsp3) is 0.538. The summed E-state index contributed by atoms with van der Waals surface area (Å²) in [6.45, 7) is 0.458. The fourth-order valence-corrected chi connectivity index (χ4v) is 4.29. The summed E-state index contributed by atoms with van der Waals surface area (Å²) in [6, 6.07) is 1.47. The number of hydrogen-bond donors (Lipinski definition) is 10. The van der Waals surface area contributed by atoms with E-state index in [-0.39, 0.29) is 56.3 Å². The molecule has 4 unspecified atom stereocenters. The Balaban J connectivity index is 3.03. The van der Waals surface area contributed by atoms with Crippen molar-refractivity contribution in [2.45, 2.75) is 62.7 Å². The van der Waals surface area contributed by atoms with Crippen molar-refractivity contribution in [3.63, 3.8) is 0 Å². The molecule has 0 spiro atoms. The molecule has 43 heavy (non-hydrogen) atoms. The van der Waals surface area contributed by atoms with E-state index in [0.717, 1.165) is 0 Å². The molecule has 0 aliphatic heterocycles. The predicted octanol–water partition coefficient (Wildman–Crippen LogP) is -2.34. The van der Waals surface area contributed by atoms with Gasteiger partial charge < -0.3 is 54.8 Å². The van der Waals surface area contributed by atoms with E-state index in [0.29, 0.717) is 24.3 Å². The number of aliphatic imine (C=N–C) groups is 2. The number of aromatic hydroxyl groups is 1. The first kappa shape index (κ1) is 36.8. The van der Waals surface area contributed by atoms with Crippen molar-refractivity contribution < 1.29 is 29.4 Å². The number of carboxylic acid groups (broad SMARTS) is 1. The number of rotatable bonds is 20. The maximum Gasteiger partial charge on any atom is 0.326 e. The van der Waals surface area contributed by atoms with Crippen LogP contribution in [0.2, 0.25) is 0 Å². The molecule has 15 N–H and O–H groups in total. The number of hydrogen-bond acceptors (Lipinski definition) is 9. The smallest absolute Gasteiger partial charge is 0.326 e. The van der Waals surface area contributed by atoms with Crippen molar-refractivity contribution in [1.82, 2.24) is 16.0 Å². The van der Waals surface area contributed by atoms with E-state index < -0.39 is 47.9 Å². The Hall–Kier alpha value is -4.25. The van der Waals surface area contributed by atoms with Crippen molar-refractivity contribution in [2.75, 3.05) is 25.1 Å². The van der Waals surface area contributed by atoms with Crippen LogP contribution in [0.1, 0.15) is 37.7 Å². The summed E-state index contributed by atoms with van der Waals surface area (Å²) in [7, 11) is 0. The predicted molar refractivity (Wildman–Crippen MR) is 166 cm³/mol. The number of nitrogens with two attached hydrogens (primary N) is 5. The van der Waals surface area contributed by atoms with Gasteiger partial charge in [-0.3, -0.25) is 24.4 Å². The second kappa shape index (κ2) is 19.8. The van der Waals surface area contributed by atoms with Gasteiger partial charge in [0, 0.05) is 19.5 Å². The molecular formula is C26H44N10O6S. The largest absolute Gasteiger partial charge is 0.508 e. The van der Waals surface area contributed by atoms with Gasteiger partial charge in [0.15, 0.2) is 11.9 Å². The number of carbonyl (C=O) groups is 4. The van der Waals surface area contributed by atoms with Gasteiger partial charge in [0.05, 0.1) is 6.04 Å². The quantitative estimate of drug-likeness (QED) is 0.0415. The topological polar surface area (TPSA) is 300 Å². The summed E-state index contributed by atoms with van der Waals surface area (Å²) in [4.78, 5) is 59.0. The molecule has 240 valence electrons. The van der Waals surface area contributed by atoms with Crippen LogP contribution in [0, 0.1) is 0 Å². The van der Waals surface area contributed by atoms with Gasteiger partial charge in [-0.25, -0.2) is 4.79 Å². The zero-order chi connectivity index (χ0) is 32.4. The number of phenols is 1. The Morgan fingerprint density at radius 2 is 1.28 bits per heavy atom. The SMILES string of the molecule is CSCCC(NC(=O)C(N)CCCN=C(N)N)C(=O)NC(CCCN=C(N)N)C(=O)NC(Cc1ccc(O)cc1)C(=O)O. The van der Waals surface area contributed by atoms with Crippen LogP contribution >= 0.6 is 11.8 Å². The average Bonchev–Trinajstić information content (AvgIpc) is 2.94. The van der Waals surface area contributed by atoms with E-state index in [1.807, 2.05) is 6.26 Å². The Morgan fingerprint density at radius 1 is 0.791 bits per heavy atom. The van der Waals surface area contributed by atoms with E-state index >= 15 is 0 Å². The summed E-state index contributed by atoms with van der Waals surface area (Å²) in [5.41, 5.74) is 27.9. The van der Waals surface area contributed by atoms with Gasteiger partial charge in [-0.1, -0.05) is 12.1 Å². The second-order valence-electron chi connectivity index (χ2n) is 9.68. The van der Waals surface area contributed by atoms with Crippen molar-refractivity contribution in [1.29, 1.82) is 0 Å². The third-order valence-corrected chi connectivity index (χ3v) is 6.76. The molecule has 0 aliphatic rings. The Kier molecular flexibility index (Phi) is 16.9. The van der Waals surface area contributed by atoms with E-state index in [1.54, 1.807) is 0 Å². The van der Waals surface area contributed by atoms with Crippen LogP contribution in [0.4, 0.5) is 0 Å². The molecule has 1 aromatic rings. The molecule has 1 rings (SSSR count). The first-order chi connectivity index (χ1) is 20.3. The maximum atomic E-state index is 13.3. The summed E-state index contributed by atoms with van der Waals surface area (Å²) in [6.07, 6.45) is 3.10. The Bertz CT molecular complexity index is 1110. The van der Waals surface area contributed by atoms with E-state index in [2.05, 4.69) is 25.9 Å². The van der Waals surface area contributed by atoms with Gasteiger partial charge in [-0.2, -0.15) is 11.8 Å². The molecule has 3 amide bonds. The molecule has 1 aromatic carbocycles. The van der Waals surface area contributed by atoms with E-state index in [9.17, 15) is 29.4 Å². The van der Waals surface area contributed by atoms with Crippen molar-refractivity contribution in [2.24, 2.45) is 38.7 Å². The number of benzene rings is 1. The standard InChI is InChI=1S/C26H44N10O6S/c1-43-13-10-19(34-21(38)17(27)4-2-11-32-25(28)29)23(40)35-18(5-3-12-33-26(30)31)22(39)36-20(24(41)42)14-15-6-8-16(37)9-7-15/h6-9,17-20,37H,2-5,10-14,27H2,1H3,(H,34,38)(H,35,40)(H,36,39)(H,41,42)(H4,28,29,32)(H4,30,31,33). The highest BCUT2D eigenvalue weighted by Gasteiger charge is 2.30. The highest BCUT2D eigenvalue weighted by molar-refractivity contribution is 7.98. The number of carbonyl (C=O) groups excluding carboxylic acids is 3. The third kappa shape index (κ3) is 15.5. The van der Waals surface area contributed by atoms with Crippen molar-refractivity contribution in [3.05, 3.63) is 29.8 Å². The minimum absolute atomic E-state index is 0.0122. The summed E-state index contributed by atoms with van der Waals surface area (Å²) < 4.78 is 0. The fourth-order valence-electron chi connectivity index (χ4n) is 3.82. The number of carboxylic acids is 1. The molecular weight excluding hydrogens is 580 g/mol. The van der Waals surface area contributed by atoms with Crippen LogP contribution in [0.25, 0.3) is 0 Å². The number of nitrogens with one attached hydrogen (secondary N) is 3. The van der Waals surface area contributed by atoms with Crippen LogP contribution in [0.3, 0.4) is 0 Å². The number of amides is 3. The second-order valence-corrected chi connectivity index (χ2v) is 10.7. The van der Waals surface area contributed by atoms with Crippen LogP contribution in [0.5, 0.6) is 5.75 Å². The van der Waals surface area contributed by atoms with Gasteiger partial charge in [0.1, 0.15) is 23.9 Å². The Labute approximate surface area is 254 Å². The average molecular weight is 625 g/mol. The first-order valence-electron chi connectivity index (χ1n) is 13.6. The van der Waals surface area contributed by atoms with E-state index in [4.69, 9.17) is 28.7 Å². The van der Waals surface area contributed by atoms with Gasteiger partial charge in [0.2, 0.25) is 17.7 Å². The van der Waals surface area contributed by atoms with Crippen LogP contribution in [-0.4, -0.2) is 95.1 Å². The summed E-state index contributed by atoms with van der Waals surface area (Å²) in [5, 5.41) is 27.0. The van der Waals surface area contributed by atoms with E-state index in [1.165, 1.54) is 36.0 Å². The van der Waals surface area contributed by atoms with Gasteiger partial charge in [0.25, 0.3) is 0 Å². The maximum absolute atomic E-state index is 13.3. The molecule has 0 saturated heterocycles. The molecule has 0 aromatic heterocycles. The van der Waals surface area contributed by atoms with Crippen molar-refractivity contribution in [3.8, 4) is 5.75 Å². The summed E-state index contributed by atoms with van der Waals surface area (Å²) >= 11 is 1.46. The lowest BCUT2D eigenvalue weighted by molar-refractivity contribution is -0.142. The number of guanidine groups is 2. The molecule has 0 saturated carbocycles. The first-order valence-corrected chi connectivity index (χ1v) is 15.0. The lowest BCUT2D eigenvalue weighted by Gasteiger charge is -2.25. The van der Waals surface area contributed by atoms with Crippen molar-refractivity contribution >= 4 is 47.4 Å². The zero-order valence-electron chi connectivity index (χ0n) is 24.2.